The Kier molecular flexibility index (Phi) is 7.67. The van der Waals surface area contributed by atoms with Gasteiger partial charge in [0.25, 0.3) is 5.91 Å². The maximum atomic E-state index is 12.6. The molecule has 158 valence electrons. The molecule has 0 atom stereocenters. The van der Waals surface area contributed by atoms with Crippen LogP contribution in [0, 0.1) is 11.8 Å². The molecule has 1 aromatic carbocycles. The smallest absolute Gasteiger partial charge is 0.308 e. The lowest BCUT2D eigenvalue weighted by Gasteiger charge is -2.33. The number of hydrogen-bond acceptors (Lipinski definition) is 4. The lowest BCUT2D eigenvalue weighted by atomic mass is 9.86. The highest BCUT2D eigenvalue weighted by Gasteiger charge is 2.25. The molecule has 1 saturated carbocycles. The molecule has 2 fully saturated rings. The number of amides is 2. The quantitative estimate of drug-likeness (QED) is 0.585. The number of benzene rings is 1. The molecule has 2 aliphatic rings. The minimum absolute atomic E-state index is 0.171. The van der Waals surface area contributed by atoms with E-state index >= 15 is 0 Å². The van der Waals surface area contributed by atoms with Crippen LogP contribution in [-0.2, 0) is 9.59 Å². The van der Waals surface area contributed by atoms with Crippen LogP contribution < -0.4 is 10.1 Å². The maximum Gasteiger partial charge on any atom is 0.308 e. The first kappa shape index (κ1) is 21.3. The molecule has 2 amide bonds. The van der Waals surface area contributed by atoms with Crippen molar-refractivity contribution in [1.29, 1.82) is 0 Å². The molecule has 6 nitrogen and oxygen atoms in total. The Morgan fingerprint density at radius 3 is 2.45 bits per heavy atom. The first-order valence-corrected chi connectivity index (χ1v) is 10.9. The molecule has 0 unspecified atom stereocenters. The molecule has 6 heteroatoms. The minimum Gasteiger partial charge on any atom is -0.427 e. The number of ether oxygens (including phenoxy) is 1. The number of carbonyl (C=O) groups is 3. The third-order valence-corrected chi connectivity index (χ3v) is 6.06. The lowest BCUT2D eigenvalue weighted by Crippen LogP contribution is -2.42. The molecule has 0 aromatic heterocycles. The molecule has 1 saturated heterocycles. The second kappa shape index (κ2) is 10.4. The summed E-state index contributed by atoms with van der Waals surface area (Å²) in [5, 5.41) is 2.98. The van der Waals surface area contributed by atoms with E-state index in [2.05, 4.69) is 5.32 Å². The fraction of sp³-hybridized carbons (Fsp3) is 0.609. The summed E-state index contributed by atoms with van der Waals surface area (Å²) in [5.74, 6) is 1.06. The van der Waals surface area contributed by atoms with Gasteiger partial charge in [-0.25, -0.2) is 0 Å². The molecule has 1 aliphatic carbocycles. The SMILES string of the molecule is CC(=O)Oc1cccc(C(=O)NCC2CCN(C(=O)CC3CCCCC3)CC2)c1. The number of piperidine rings is 1. The van der Waals surface area contributed by atoms with Gasteiger partial charge in [-0.05, 0) is 55.7 Å². The Bertz CT molecular complexity index is 719. The number of carbonyl (C=O) groups excluding carboxylic acids is 3. The van der Waals surface area contributed by atoms with Gasteiger partial charge >= 0.3 is 5.97 Å². The maximum absolute atomic E-state index is 12.6. The first-order chi connectivity index (χ1) is 14.0. The highest BCUT2D eigenvalue weighted by molar-refractivity contribution is 5.94. The standard InChI is InChI=1S/C23H32N2O4/c1-17(26)29-21-9-5-8-20(15-21)23(28)24-16-19-10-12-25(13-11-19)22(27)14-18-6-3-2-4-7-18/h5,8-9,15,18-19H,2-4,6-7,10-14,16H2,1H3,(H,24,28). The van der Waals surface area contributed by atoms with Gasteiger partial charge in [0.1, 0.15) is 5.75 Å². The molecule has 0 radical (unpaired) electrons. The zero-order valence-electron chi connectivity index (χ0n) is 17.3. The average molecular weight is 401 g/mol. The van der Waals surface area contributed by atoms with E-state index in [1.54, 1.807) is 24.3 Å². The molecule has 3 rings (SSSR count). The second-order valence-corrected chi connectivity index (χ2v) is 8.36. The van der Waals surface area contributed by atoms with Crippen molar-refractivity contribution in [2.24, 2.45) is 11.8 Å². The van der Waals surface area contributed by atoms with E-state index < -0.39 is 5.97 Å². The molecule has 1 N–H and O–H groups in total. The lowest BCUT2D eigenvalue weighted by molar-refractivity contribution is -0.134. The molecule has 1 aromatic rings. The van der Waals surface area contributed by atoms with Gasteiger partial charge in [0.05, 0.1) is 0 Å². The fourth-order valence-corrected chi connectivity index (χ4v) is 4.36. The topological polar surface area (TPSA) is 75.7 Å². The van der Waals surface area contributed by atoms with Gasteiger partial charge in [-0.2, -0.15) is 0 Å². The Balaban J connectivity index is 1.40. The number of esters is 1. The average Bonchev–Trinajstić information content (AvgIpc) is 2.73. The Labute approximate surface area is 173 Å². The molecular formula is C23H32N2O4. The molecule has 1 aliphatic heterocycles. The fourth-order valence-electron chi connectivity index (χ4n) is 4.36. The van der Waals surface area contributed by atoms with E-state index in [9.17, 15) is 14.4 Å². The third kappa shape index (κ3) is 6.58. The van der Waals surface area contributed by atoms with Crippen LogP contribution in [0.2, 0.25) is 0 Å². The van der Waals surface area contributed by atoms with Gasteiger partial charge in [-0.3, -0.25) is 14.4 Å². The summed E-state index contributed by atoms with van der Waals surface area (Å²) >= 11 is 0. The van der Waals surface area contributed by atoms with Gasteiger partial charge in [-0.15, -0.1) is 0 Å². The van der Waals surface area contributed by atoms with E-state index in [1.165, 1.54) is 39.0 Å². The number of nitrogens with one attached hydrogen (secondary N) is 1. The van der Waals surface area contributed by atoms with Crippen LogP contribution in [0.5, 0.6) is 5.75 Å². The van der Waals surface area contributed by atoms with Gasteiger partial charge in [0, 0.05) is 38.5 Å². The zero-order chi connectivity index (χ0) is 20.6. The Morgan fingerprint density at radius 2 is 1.76 bits per heavy atom. The predicted octanol–water partition coefficient (Wildman–Crippen LogP) is 3.55. The summed E-state index contributed by atoms with van der Waals surface area (Å²) in [6.45, 7) is 3.50. The summed E-state index contributed by atoms with van der Waals surface area (Å²) < 4.78 is 5.03. The van der Waals surface area contributed by atoms with Crippen molar-refractivity contribution >= 4 is 17.8 Å². The van der Waals surface area contributed by atoms with Crippen LogP contribution >= 0.6 is 0 Å². The summed E-state index contributed by atoms with van der Waals surface area (Å²) in [5.41, 5.74) is 0.476. The summed E-state index contributed by atoms with van der Waals surface area (Å²) in [6.07, 6.45) is 8.80. The first-order valence-electron chi connectivity index (χ1n) is 10.9. The van der Waals surface area contributed by atoms with E-state index in [0.29, 0.717) is 42.0 Å². The van der Waals surface area contributed by atoms with Crippen molar-refractivity contribution in [2.45, 2.75) is 58.3 Å². The van der Waals surface area contributed by atoms with Crippen LogP contribution in [0.1, 0.15) is 68.6 Å². The van der Waals surface area contributed by atoms with Crippen LogP contribution in [0.25, 0.3) is 0 Å². The number of hydrogen-bond donors (Lipinski definition) is 1. The van der Waals surface area contributed by atoms with E-state index in [1.807, 2.05) is 4.90 Å². The second-order valence-electron chi connectivity index (χ2n) is 8.36. The van der Waals surface area contributed by atoms with Crippen molar-refractivity contribution in [3.8, 4) is 5.75 Å². The molecule has 0 spiro atoms. The minimum atomic E-state index is -0.410. The predicted molar refractivity (Wildman–Crippen MR) is 111 cm³/mol. The van der Waals surface area contributed by atoms with Crippen molar-refractivity contribution in [2.75, 3.05) is 19.6 Å². The molecule has 29 heavy (non-hydrogen) atoms. The van der Waals surface area contributed by atoms with Crippen LogP contribution in [0.4, 0.5) is 0 Å². The van der Waals surface area contributed by atoms with Gasteiger partial charge in [0.15, 0.2) is 0 Å². The largest absolute Gasteiger partial charge is 0.427 e. The highest BCUT2D eigenvalue weighted by Crippen LogP contribution is 2.27. The van der Waals surface area contributed by atoms with E-state index in [0.717, 1.165) is 25.9 Å². The molecule has 1 heterocycles. The summed E-state index contributed by atoms with van der Waals surface area (Å²) in [7, 11) is 0. The van der Waals surface area contributed by atoms with Crippen molar-refractivity contribution in [1.82, 2.24) is 10.2 Å². The van der Waals surface area contributed by atoms with Crippen LogP contribution in [0.3, 0.4) is 0 Å². The highest BCUT2D eigenvalue weighted by atomic mass is 16.5. The molecular weight excluding hydrogens is 368 g/mol. The number of nitrogens with zero attached hydrogens (tertiary/aromatic N) is 1. The van der Waals surface area contributed by atoms with E-state index in [4.69, 9.17) is 4.74 Å². The normalized spacial score (nSPS) is 18.3. The number of likely N-dealkylation sites (tertiary alicyclic amines) is 1. The zero-order valence-corrected chi connectivity index (χ0v) is 17.3. The van der Waals surface area contributed by atoms with Gasteiger partial charge in [0.2, 0.25) is 5.91 Å². The third-order valence-electron chi connectivity index (χ3n) is 6.06. The van der Waals surface area contributed by atoms with Crippen molar-refractivity contribution in [3.05, 3.63) is 29.8 Å². The van der Waals surface area contributed by atoms with Gasteiger partial charge < -0.3 is 15.0 Å². The number of rotatable bonds is 6. The van der Waals surface area contributed by atoms with E-state index in [-0.39, 0.29) is 5.91 Å². The van der Waals surface area contributed by atoms with Gasteiger partial charge in [-0.1, -0.05) is 25.3 Å². The Morgan fingerprint density at radius 1 is 1.03 bits per heavy atom. The van der Waals surface area contributed by atoms with Crippen LogP contribution in [0.15, 0.2) is 24.3 Å². The Hall–Kier alpha value is -2.37. The van der Waals surface area contributed by atoms with Crippen molar-refractivity contribution in [3.63, 3.8) is 0 Å². The van der Waals surface area contributed by atoms with Crippen molar-refractivity contribution < 1.29 is 19.1 Å². The molecule has 0 bridgehead atoms. The summed E-state index contributed by atoms with van der Waals surface area (Å²) in [6, 6.07) is 6.62. The summed E-state index contributed by atoms with van der Waals surface area (Å²) in [4.78, 5) is 38.0. The van der Waals surface area contributed by atoms with Crippen LogP contribution in [-0.4, -0.2) is 42.3 Å². The monoisotopic (exact) mass is 400 g/mol.